The first kappa shape index (κ1) is 18.1. The van der Waals surface area contributed by atoms with E-state index in [1.807, 2.05) is 0 Å². The van der Waals surface area contributed by atoms with Crippen molar-refractivity contribution in [3.05, 3.63) is 47.8 Å². The van der Waals surface area contributed by atoms with Gasteiger partial charge in [-0.25, -0.2) is 23.1 Å². The smallest absolute Gasteiger partial charge is 0.348 e. The summed E-state index contributed by atoms with van der Waals surface area (Å²) in [4.78, 5) is 7.28. The van der Waals surface area contributed by atoms with Gasteiger partial charge in [0.25, 0.3) is 0 Å². The molecule has 0 bridgehead atoms. The minimum atomic E-state index is -4.55. The number of hydrogen-bond donors (Lipinski definition) is 2. The Morgan fingerprint density at radius 1 is 1.12 bits per heavy atom. The third kappa shape index (κ3) is 4.20. The molecule has 24 heavy (non-hydrogen) atoms. The van der Waals surface area contributed by atoms with E-state index < -0.39 is 27.9 Å². The largest absolute Gasteiger partial charge is 0.433 e. The van der Waals surface area contributed by atoms with E-state index in [0.29, 0.717) is 5.56 Å². The summed E-state index contributed by atoms with van der Waals surface area (Å²) in [5, 5.41) is 2.76. The lowest BCUT2D eigenvalue weighted by atomic mass is 10.1. The average Bonchev–Trinajstić information content (AvgIpc) is 2.54. The molecule has 0 fully saturated rings. The van der Waals surface area contributed by atoms with Gasteiger partial charge < -0.3 is 5.32 Å². The van der Waals surface area contributed by atoms with E-state index in [9.17, 15) is 21.6 Å². The standard InChI is InChI=1S/C14H15F3N4O2S/c1-9(10-3-5-11(6-4-10)24(22,23)18-2)20-13-19-8-7-12(21-13)14(15,16)17/h3-9,18H,1-2H3,(H,19,20,21). The van der Waals surface area contributed by atoms with Gasteiger partial charge in [0.1, 0.15) is 5.69 Å². The Labute approximate surface area is 137 Å². The van der Waals surface area contributed by atoms with Gasteiger partial charge in [0, 0.05) is 6.20 Å². The zero-order valence-corrected chi connectivity index (χ0v) is 13.6. The van der Waals surface area contributed by atoms with Gasteiger partial charge in [0.05, 0.1) is 10.9 Å². The fourth-order valence-electron chi connectivity index (χ4n) is 1.92. The van der Waals surface area contributed by atoms with Crippen molar-refractivity contribution in [2.75, 3.05) is 12.4 Å². The van der Waals surface area contributed by atoms with E-state index in [0.717, 1.165) is 12.3 Å². The van der Waals surface area contributed by atoms with E-state index in [-0.39, 0.29) is 10.8 Å². The van der Waals surface area contributed by atoms with Crippen LogP contribution in [-0.4, -0.2) is 25.4 Å². The number of halogens is 3. The predicted octanol–water partition coefficient (Wildman–Crippen LogP) is 2.58. The number of hydrogen-bond acceptors (Lipinski definition) is 5. The SMILES string of the molecule is CNS(=O)(=O)c1ccc(C(C)Nc2nccc(C(F)(F)F)n2)cc1. The molecule has 2 aromatic rings. The molecule has 0 amide bonds. The molecule has 1 aromatic heterocycles. The Balaban J connectivity index is 2.17. The van der Waals surface area contributed by atoms with Gasteiger partial charge in [0.15, 0.2) is 0 Å². The second-order valence-electron chi connectivity index (χ2n) is 4.91. The molecule has 0 aliphatic heterocycles. The highest BCUT2D eigenvalue weighted by Crippen LogP contribution is 2.28. The zero-order chi connectivity index (χ0) is 18.0. The molecular formula is C14H15F3N4O2S. The van der Waals surface area contributed by atoms with Gasteiger partial charge >= 0.3 is 6.18 Å². The molecule has 0 saturated heterocycles. The van der Waals surface area contributed by atoms with Crippen LogP contribution in [0.5, 0.6) is 0 Å². The maximum absolute atomic E-state index is 12.6. The number of nitrogens with zero attached hydrogens (tertiary/aromatic N) is 2. The Hall–Kier alpha value is -2.20. The van der Waals surface area contributed by atoms with Crippen molar-refractivity contribution >= 4 is 16.0 Å². The molecule has 1 aromatic carbocycles. The minimum absolute atomic E-state index is 0.0938. The first-order chi connectivity index (χ1) is 11.1. The van der Waals surface area contributed by atoms with Gasteiger partial charge in [-0.3, -0.25) is 0 Å². The highest BCUT2D eigenvalue weighted by atomic mass is 32.2. The van der Waals surface area contributed by atoms with Crippen LogP contribution in [0.1, 0.15) is 24.2 Å². The van der Waals surface area contributed by atoms with E-state index in [4.69, 9.17) is 0 Å². The molecule has 1 heterocycles. The van der Waals surface area contributed by atoms with Crippen LogP contribution in [0.4, 0.5) is 19.1 Å². The van der Waals surface area contributed by atoms with Crippen molar-refractivity contribution < 1.29 is 21.6 Å². The van der Waals surface area contributed by atoms with Crippen molar-refractivity contribution in [3.63, 3.8) is 0 Å². The van der Waals surface area contributed by atoms with Crippen molar-refractivity contribution in [2.45, 2.75) is 24.0 Å². The summed E-state index contributed by atoms with van der Waals surface area (Å²) in [7, 11) is -2.24. The van der Waals surface area contributed by atoms with Gasteiger partial charge in [-0.15, -0.1) is 0 Å². The number of alkyl halides is 3. The second-order valence-corrected chi connectivity index (χ2v) is 6.79. The molecular weight excluding hydrogens is 345 g/mol. The number of aromatic nitrogens is 2. The lowest BCUT2D eigenvalue weighted by Crippen LogP contribution is -2.18. The molecule has 1 unspecified atom stereocenters. The lowest BCUT2D eigenvalue weighted by Gasteiger charge is -2.15. The first-order valence-corrected chi connectivity index (χ1v) is 8.32. The summed E-state index contributed by atoms with van der Waals surface area (Å²) in [6, 6.07) is 6.32. The van der Waals surface area contributed by atoms with Crippen LogP contribution < -0.4 is 10.0 Å². The number of rotatable bonds is 5. The van der Waals surface area contributed by atoms with Crippen LogP contribution in [0.2, 0.25) is 0 Å². The van der Waals surface area contributed by atoms with Gasteiger partial charge in [-0.2, -0.15) is 13.2 Å². The van der Waals surface area contributed by atoms with Gasteiger partial charge in [0.2, 0.25) is 16.0 Å². The topological polar surface area (TPSA) is 84.0 Å². The molecule has 0 saturated carbocycles. The summed E-state index contributed by atoms with van der Waals surface area (Å²) in [6.45, 7) is 1.70. The van der Waals surface area contributed by atoms with Crippen LogP contribution in [0.25, 0.3) is 0 Å². The molecule has 0 radical (unpaired) electrons. The van der Waals surface area contributed by atoms with Crippen LogP contribution in [-0.2, 0) is 16.2 Å². The Kier molecular flexibility index (Phi) is 5.09. The summed E-state index contributed by atoms with van der Waals surface area (Å²) >= 11 is 0. The van der Waals surface area contributed by atoms with Gasteiger partial charge in [-0.05, 0) is 37.7 Å². The number of benzene rings is 1. The van der Waals surface area contributed by atoms with Crippen molar-refractivity contribution in [1.82, 2.24) is 14.7 Å². The van der Waals surface area contributed by atoms with Crippen molar-refractivity contribution in [3.8, 4) is 0 Å². The highest BCUT2D eigenvalue weighted by molar-refractivity contribution is 7.89. The Bertz CT molecular complexity index is 808. The van der Waals surface area contributed by atoms with Crippen LogP contribution >= 0.6 is 0 Å². The second kappa shape index (κ2) is 6.73. The Morgan fingerprint density at radius 2 is 1.75 bits per heavy atom. The normalized spacial score (nSPS) is 13.5. The lowest BCUT2D eigenvalue weighted by molar-refractivity contribution is -0.141. The summed E-state index contributed by atoms with van der Waals surface area (Å²) < 4.78 is 63.4. The van der Waals surface area contributed by atoms with E-state index in [2.05, 4.69) is 20.0 Å². The molecule has 0 spiro atoms. The minimum Gasteiger partial charge on any atom is -0.348 e. The molecule has 10 heteroatoms. The summed E-state index contributed by atoms with van der Waals surface area (Å²) in [5.74, 6) is -0.163. The van der Waals surface area contributed by atoms with Crippen LogP contribution in [0.3, 0.4) is 0 Å². The molecule has 0 aliphatic rings. The van der Waals surface area contributed by atoms with E-state index >= 15 is 0 Å². The number of sulfonamides is 1. The monoisotopic (exact) mass is 360 g/mol. The number of anilines is 1. The van der Waals surface area contributed by atoms with Crippen LogP contribution in [0.15, 0.2) is 41.4 Å². The summed E-state index contributed by atoms with van der Waals surface area (Å²) in [5.41, 5.74) is -0.367. The third-order valence-corrected chi connectivity index (χ3v) is 4.68. The first-order valence-electron chi connectivity index (χ1n) is 6.84. The van der Waals surface area contributed by atoms with Gasteiger partial charge in [-0.1, -0.05) is 12.1 Å². The molecule has 1 atom stereocenters. The molecule has 0 aliphatic carbocycles. The van der Waals surface area contributed by atoms with E-state index in [1.54, 1.807) is 19.1 Å². The predicted molar refractivity (Wildman–Crippen MR) is 81.8 cm³/mol. The molecule has 6 nitrogen and oxygen atoms in total. The average molecular weight is 360 g/mol. The maximum atomic E-state index is 12.6. The quantitative estimate of drug-likeness (QED) is 0.856. The summed E-state index contributed by atoms with van der Waals surface area (Å²) in [6.07, 6.45) is -3.53. The Morgan fingerprint density at radius 3 is 2.29 bits per heavy atom. The third-order valence-electron chi connectivity index (χ3n) is 3.25. The van der Waals surface area contributed by atoms with Crippen LogP contribution in [0, 0.1) is 0 Å². The van der Waals surface area contributed by atoms with E-state index in [1.165, 1.54) is 19.2 Å². The molecule has 130 valence electrons. The van der Waals surface area contributed by atoms with Crippen molar-refractivity contribution in [1.29, 1.82) is 0 Å². The number of nitrogens with one attached hydrogen (secondary N) is 2. The molecule has 2 N–H and O–H groups in total. The molecule has 2 rings (SSSR count). The fourth-order valence-corrected chi connectivity index (χ4v) is 2.65. The fraction of sp³-hybridized carbons (Fsp3) is 0.286. The highest BCUT2D eigenvalue weighted by Gasteiger charge is 2.32. The van der Waals surface area contributed by atoms with Crippen molar-refractivity contribution in [2.24, 2.45) is 0 Å². The zero-order valence-electron chi connectivity index (χ0n) is 12.8. The maximum Gasteiger partial charge on any atom is 0.433 e.